The zero-order chi connectivity index (χ0) is 15.2. The minimum absolute atomic E-state index is 0.106. The number of methoxy groups -OCH3 is 1. The normalized spacial score (nSPS) is 10.8. The molecule has 0 amide bonds. The predicted octanol–water partition coefficient (Wildman–Crippen LogP) is 1.09. The molecule has 0 atom stereocenters. The molecule has 106 valence electrons. The second-order valence-corrected chi connectivity index (χ2v) is 3.69. The maximum absolute atomic E-state index is 10.8. The van der Waals surface area contributed by atoms with Gasteiger partial charge in [0, 0.05) is 18.3 Å². The number of hydrogen-bond donors (Lipinski definition) is 2. The fourth-order valence-corrected chi connectivity index (χ4v) is 1.49. The van der Waals surface area contributed by atoms with E-state index in [-0.39, 0.29) is 17.1 Å². The molecule has 0 aliphatic heterocycles. The lowest BCUT2D eigenvalue weighted by atomic mass is 10.2. The zero-order valence-corrected chi connectivity index (χ0v) is 10.8. The third-order valence-corrected chi connectivity index (χ3v) is 2.47. The van der Waals surface area contributed by atoms with Gasteiger partial charge in [0.2, 0.25) is 5.82 Å². The smallest absolute Gasteiger partial charge is 0.271 e. The van der Waals surface area contributed by atoms with Crippen LogP contribution in [-0.2, 0) is 0 Å². The molecule has 1 heterocycles. The number of nitriles is 1. The number of nitro groups is 1. The monoisotopic (exact) mass is 287 g/mol. The van der Waals surface area contributed by atoms with Crippen molar-refractivity contribution in [1.82, 2.24) is 20.6 Å². The molecule has 10 nitrogen and oxygen atoms in total. The summed E-state index contributed by atoms with van der Waals surface area (Å²) in [6, 6.07) is 5.95. The molecule has 2 N–H and O–H groups in total. The average Bonchev–Trinajstić information content (AvgIpc) is 3.02. The number of non-ortho nitro benzene ring substituents is 1. The number of aromatic nitrogens is 4. The van der Waals surface area contributed by atoms with Gasteiger partial charge in [-0.05, 0) is 11.3 Å². The number of nitrogens with one attached hydrogen (secondary N) is 2. The van der Waals surface area contributed by atoms with Gasteiger partial charge < -0.3 is 10.1 Å². The Morgan fingerprint density at radius 2 is 2.43 bits per heavy atom. The highest BCUT2D eigenvalue weighted by Gasteiger charge is 2.11. The number of H-pyrrole nitrogens is 1. The molecule has 0 spiro atoms. The summed E-state index contributed by atoms with van der Waals surface area (Å²) in [5.74, 6) is 0.497. The fraction of sp³-hybridized carbons (Fsp3) is 0.0909. The van der Waals surface area contributed by atoms with Crippen molar-refractivity contribution in [2.45, 2.75) is 0 Å². The lowest BCUT2D eigenvalue weighted by Crippen LogP contribution is -1.97. The second kappa shape index (κ2) is 6.11. The molecule has 2 aromatic rings. The quantitative estimate of drug-likeness (QED) is 0.472. The molecule has 0 saturated heterocycles. The largest absolute Gasteiger partial charge is 0.495 e. The van der Waals surface area contributed by atoms with Crippen molar-refractivity contribution in [3.05, 3.63) is 40.3 Å². The molecular weight excluding hydrogens is 278 g/mol. The average molecular weight is 287 g/mol. The molecule has 1 aromatic carbocycles. The second-order valence-electron chi connectivity index (χ2n) is 3.69. The van der Waals surface area contributed by atoms with Crippen LogP contribution in [0.25, 0.3) is 5.57 Å². The highest BCUT2D eigenvalue weighted by atomic mass is 16.6. The van der Waals surface area contributed by atoms with E-state index in [0.717, 1.165) is 0 Å². The number of benzene rings is 1. The number of hydrogen-bond acceptors (Lipinski definition) is 8. The van der Waals surface area contributed by atoms with Crippen LogP contribution in [0.5, 0.6) is 5.75 Å². The van der Waals surface area contributed by atoms with Crippen LogP contribution in [0.1, 0.15) is 5.82 Å². The van der Waals surface area contributed by atoms with Crippen molar-refractivity contribution < 1.29 is 9.66 Å². The van der Waals surface area contributed by atoms with Gasteiger partial charge in [-0.15, -0.1) is 10.2 Å². The standard InChI is InChI=1S/C11H9N7O3/c1-21-10-3-2-8(18(19)20)4-9(10)13-6-7(5-12)11-14-16-17-15-11/h2-4,6,13H,1H3,(H,14,15,16,17). The highest BCUT2D eigenvalue weighted by Crippen LogP contribution is 2.29. The lowest BCUT2D eigenvalue weighted by Gasteiger charge is -2.07. The van der Waals surface area contributed by atoms with Gasteiger partial charge in [-0.2, -0.15) is 10.5 Å². The molecule has 1 aromatic heterocycles. The van der Waals surface area contributed by atoms with Crippen molar-refractivity contribution in [2.75, 3.05) is 12.4 Å². The summed E-state index contributed by atoms with van der Waals surface area (Å²) in [5.41, 5.74) is 0.338. The minimum Gasteiger partial charge on any atom is -0.495 e. The summed E-state index contributed by atoms with van der Waals surface area (Å²) in [5, 5.41) is 35.5. The maximum atomic E-state index is 10.8. The van der Waals surface area contributed by atoms with Crippen molar-refractivity contribution in [3.63, 3.8) is 0 Å². The maximum Gasteiger partial charge on any atom is 0.271 e. The topological polar surface area (TPSA) is 143 Å². The first kappa shape index (κ1) is 13.9. The zero-order valence-electron chi connectivity index (χ0n) is 10.8. The Morgan fingerprint density at radius 3 is 3.00 bits per heavy atom. The van der Waals surface area contributed by atoms with Gasteiger partial charge in [0.25, 0.3) is 5.69 Å². The molecule has 0 saturated carbocycles. The minimum atomic E-state index is -0.529. The number of aromatic amines is 1. The van der Waals surface area contributed by atoms with Crippen LogP contribution >= 0.6 is 0 Å². The van der Waals surface area contributed by atoms with Gasteiger partial charge >= 0.3 is 0 Å². The summed E-state index contributed by atoms with van der Waals surface area (Å²) < 4.78 is 5.09. The van der Waals surface area contributed by atoms with E-state index in [4.69, 9.17) is 10.00 Å². The third kappa shape index (κ3) is 3.10. The van der Waals surface area contributed by atoms with Crippen molar-refractivity contribution >= 4 is 16.9 Å². The SMILES string of the molecule is COc1ccc([N+](=O)[O-])cc1NC=C(C#N)c1nn[nH]n1. The number of nitro benzene ring substituents is 1. The van der Waals surface area contributed by atoms with Gasteiger partial charge in [0.1, 0.15) is 17.4 Å². The van der Waals surface area contributed by atoms with Gasteiger partial charge in [-0.1, -0.05) is 0 Å². The molecule has 0 unspecified atom stereocenters. The van der Waals surface area contributed by atoms with Gasteiger partial charge in [0.05, 0.1) is 17.7 Å². The highest BCUT2D eigenvalue weighted by molar-refractivity contribution is 5.75. The number of allylic oxidation sites excluding steroid dienone is 1. The molecule has 0 aliphatic rings. The van der Waals surface area contributed by atoms with Gasteiger partial charge in [-0.3, -0.25) is 10.1 Å². The number of anilines is 1. The number of ether oxygens (including phenoxy) is 1. The Hall–Kier alpha value is -3.48. The van der Waals surface area contributed by atoms with Crippen LogP contribution in [0.2, 0.25) is 0 Å². The summed E-state index contributed by atoms with van der Waals surface area (Å²) in [4.78, 5) is 10.2. The van der Waals surface area contributed by atoms with Crippen LogP contribution in [0.4, 0.5) is 11.4 Å². The lowest BCUT2D eigenvalue weighted by molar-refractivity contribution is -0.384. The molecule has 0 radical (unpaired) electrons. The van der Waals surface area contributed by atoms with E-state index in [9.17, 15) is 10.1 Å². The molecule has 0 aliphatic carbocycles. The van der Waals surface area contributed by atoms with Crippen LogP contribution in [0.3, 0.4) is 0 Å². The van der Waals surface area contributed by atoms with E-state index in [2.05, 4.69) is 25.9 Å². The van der Waals surface area contributed by atoms with Crippen molar-refractivity contribution in [1.29, 1.82) is 5.26 Å². The summed E-state index contributed by atoms with van der Waals surface area (Å²) in [7, 11) is 1.43. The Kier molecular flexibility index (Phi) is 4.06. The van der Waals surface area contributed by atoms with E-state index in [1.807, 2.05) is 6.07 Å². The first-order valence-electron chi connectivity index (χ1n) is 5.58. The predicted molar refractivity (Wildman–Crippen MR) is 71.0 cm³/mol. The number of rotatable bonds is 5. The molecule has 0 bridgehead atoms. The molecular formula is C11H9N7O3. The van der Waals surface area contributed by atoms with Crippen LogP contribution in [-0.4, -0.2) is 32.7 Å². The van der Waals surface area contributed by atoms with E-state index in [1.165, 1.54) is 31.5 Å². The number of nitrogens with zero attached hydrogens (tertiary/aromatic N) is 5. The van der Waals surface area contributed by atoms with E-state index >= 15 is 0 Å². The van der Waals surface area contributed by atoms with Crippen LogP contribution in [0.15, 0.2) is 24.4 Å². The molecule has 10 heteroatoms. The Morgan fingerprint density at radius 1 is 1.62 bits per heavy atom. The van der Waals surface area contributed by atoms with Gasteiger partial charge in [0.15, 0.2) is 0 Å². The van der Waals surface area contributed by atoms with Crippen LogP contribution < -0.4 is 10.1 Å². The first-order chi connectivity index (χ1) is 10.2. The fourth-order valence-electron chi connectivity index (χ4n) is 1.49. The Bertz CT molecular complexity index is 718. The summed E-state index contributed by atoms with van der Waals surface area (Å²) in [6.07, 6.45) is 1.31. The number of tetrazole rings is 1. The molecule has 2 rings (SSSR count). The Labute approximate surface area is 118 Å². The van der Waals surface area contributed by atoms with Crippen molar-refractivity contribution in [3.8, 4) is 11.8 Å². The Balaban J connectivity index is 2.32. The van der Waals surface area contributed by atoms with Crippen molar-refractivity contribution in [2.24, 2.45) is 0 Å². The van der Waals surface area contributed by atoms with E-state index in [1.54, 1.807) is 0 Å². The third-order valence-electron chi connectivity index (χ3n) is 2.47. The molecule has 21 heavy (non-hydrogen) atoms. The first-order valence-corrected chi connectivity index (χ1v) is 5.58. The van der Waals surface area contributed by atoms with Crippen LogP contribution in [0, 0.1) is 21.4 Å². The van der Waals surface area contributed by atoms with E-state index in [0.29, 0.717) is 11.4 Å². The van der Waals surface area contributed by atoms with Gasteiger partial charge in [-0.25, -0.2) is 0 Å². The summed E-state index contributed by atoms with van der Waals surface area (Å²) in [6.45, 7) is 0. The summed E-state index contributed by atoms with van der Waals surface area (Å²) >= 11 is 0. The van der Waals surface area contributed by atoms with E-state index < -0.39 is 4.92 Å². The molecule has 0 fully saturated rings.